The zero-order valence-electron chi connectivity index (χ0n) is 10.8. The van der Waals surface area contributed by atoms with Gasteiger partial charge in [-0.1, -0.05) is 30.4 Å². The topological polar surface area (TPSA) is 62.5 Å². The molecule has 0 aliphatic rings. The Hall–Kier alpha value is -2.07. The molecule has 1 aromatic heterocycles. The molecule has 0 unspecified atom stereocenters. The normalized spacial score (nSPS) is 11.4. The second-order valence-corrected chi connectivity index (χ2v) is 4.24. The van der Waals surface area contributed by atoms with Crippen LogP contribution < -0.4 is 5.32 Å². The largest absolute Gasteiger partial charge is 0.478 e. The van der Waals surface area contributed by atoms with Gasteiger partial charge in [0.25, 0.3) is 0 Å². The Morgan fingerprint density at radius 3 is 2.95 bits per heavy atom. The summed E-state index contributed by atoms with van der Waals surface area (Å²) in [5, 5.41) is 13.1. The van der Waals surface area contributed by atoms with Crippen molar-refractivity contribution in [2.45, 2.75) is 19.9 Å². The van der Waals surface area contributed by atoms with Gasteiger partial charge < -0.3 is 14.8 Å². The lowest BCUT2D eigenvalue weighted by Gasteiger charge is -2.01. The van der Waals surface area contributed by atoms with E-state index in [-0.39, 0.29) is 5.56 Å². The molecule has 1 aromatic carbocycles. The summed E-state index contributed by atoms with van der Waals surface area (Å²) in [6, 6.07) is 7.20. The van der Waals surface area contributed by atoms with Crippen LogP contribution in [0.15, 0.2) is 40.8 Å². The fourth-order valence-electron chi connectivity index (χ4n) is 2.01. The number of hydrogen-bond donors (Lipinski definition) is 2. The fourth-order valence-corrected chi connectivity index (χ4v) is 2.01. The third-order valence-corrected chi connectivity index (χ3v) is 2.89. The number of carbonyl (C=O) groups is 1. The maximum atomic E-state index is 11.3. The van der Waals surface area contributed by atoms with Gasteiger partial charge in [-0.05, 0) is 26.0 Å². The van der Waals surface area contributed by atoms with Crippen molar-refractivity contribution < 1.29 is 14.3 Å². The predicted molar refractivity (Wildman–Crippen MR) is 74.3 cm³/mol. The summed E-state index contributed by atoms with van der Waals surface area (Å²) in [4.78, 5) is 11.3. The number of rotatable bonds is 6. The molecule has 0 saturated heterocycles. The molecule has 1 heterocycles. The molecule has 19 heavy (non-hydrogen) atoms. The van der Waals surface area contributed by atoms with Crippen LogP contribution in [0.3, 0.4) is 0 Å². The van der Waals surface area contributed by atoms with Crippen molar-refractivity contribution in [3.05, 3.63) is 47.7 Å². The van der Waals surface area contributed by atoms with Crippen LogP contribution >= 0.6 is 0 Å². The van der Waals surface area contributed by atoms with Crippen LogP contribution in [0.4, 0.5) is 0 Å². The summed E-state index contributed by atoms with van der Waals surface area (Å²) in [6.07, 6.45) is 4.97. The van der Waals surface area contributed by atoms with E-state index in [9.17, 15) is 9.90 Å². The Bertz CT molecular complexity index is 598. The molecule has 4 nitrogen and oxygen atoms in total. The first-order chi connectivity index (χ1) is 9.24. The molecule has 0 aliphatic heterocycles. The summed E-state index contributed by atoms with van der Waals surface area (Å²) >= 11 is 0. The third-order valence-electron chi connectivity index (χ3n) is 2.89. The molecule has 2 rings (SSSR count). The molecule has 0 spiro atoms. The number of fused-ring (bicyclic) bond motifs is 1. The first-order valence-electron chi connectivity index (χ1n) is 6.29. The van der Waals surface area contributed by atoms with Crippen molar-refractivity contribution in [2.75, 3.05) is 6.54 Å². The van der Waals surface area contributed by atoms with E-state index in [1.165, 1.54) is 0 Å². The average Bonchev–Trinajstić information content (AvgIpc) is 2.76. The van der Waals surface area contributed by atoms with E-state index in [0.717, 1.165) is 13.0 Å². The number of allylic oxidation sites excluding steroid dienone is 1. The van der Waals surface area contributed by atoms with Gasteiger partial charge in [-0.2, -0.15) is 0 Å². The fraction of sp³-hybridized carbons (Fsp3) is 0.267. The van der Waals surface area contributed by atoms with Crippen LogP contribution in [0.5, 0.6) is 0 Å². The first kappa shape index (κ1) is 13.4. The molecule has 100 valence electrons. The van der Waals surface area contributed by atoms with Gasteiger partial charge in [0.2, 0.25) is 0 Å². The van der Waals surface area contributed by atoms with Gasteiger partial charge in [-0.3, -0.25) is 0 Å². The number of carboxylic acids is 1. The van der Waals surface area contributed by atoms with E-state index in [4.69, 9.17) is 4.42 Å². The summed E-state index contributed by atoms with van der Waals surface area (Å²) in [5.41, 5.74) is 0.874. The molecule has 4 heteroatoms. The number of furan rings is 1. The van der Waals surface area contributed by atoms with Crippen molar-refractivity contribution in [2.24, 2.45) is 0 Å². The van der Waals surface area contributed by atoms with Gasteiger partial charge in [0.1, 0.15) is 16.9 Å². The Balaban J connectivity index is 2.17. The van der Waals surface area contributed by atoms with E-state index in [1.54, 1.807) is 12.1 Å². The van der Waals surface area contributed by atoms with Gasteiger partial charge in [0, 0.05) is 5.39 Å². The van der Waals surface area contributed by atoms with Gasteiger partial charge in [0.05, 0.1) is 6.54 Å². The zero-order chi connectivity index (χ0) is 13.7. The van der Waals surface area contributed by atoms with Crippen molar-refractivity contribution in [3.63, 3.8) is 0 Å². The minimum atomic E-state index is -0.949. The highest BCUT2D eigenvalue weighted by Crippen LogP contribution is 2.25. The lowest BCUT2D eigenvalue weighted by molar-refractivity contribution is 0.0696. The molecule has 0 atom stereocenters. The van der Waals surface area contributed by atoms with Gasteiger partial charge in [-0.15, -0.1) is 0 Å². The van der Waals surface area contributed by atoms with Gasteiger partial charge in [0.15, 0.2) is 0 Å². The number of para-hydroxylation sites is 1. The van der Waals surface area contributed by atoms with E-state index < -0.39 is 5.97 Å². The standard InChI is InChI=1S/C15H17NO3/c1-2-3-6-9-16-10-13-14(15(17)18)11-7-4-5-8-12(11)19-13/h2-5,7-8,16H,6,9-10H2,1H3,(H,17,18)/b3-2+. The number of hydrogen-bond acceptors (Lipinski definition) is 3. The Morgan fingerprint density at radius 1 is 1.42 bits per heavy atom. The molecule has 2 aromatic rings. The molecule has 0 fully saturated rings. The van der Waals surface area contributed by atoms with Gasteiger partial charge in [-0.25, -0.2) is 4.79 Å². The van der Waals surface area contributed by atoms with Gasteiger partial charge >= 0.3 is 5.97 Å². The smallest absolute Gasteiger partial charge is 0.339 e. The highest BCUT2D eigenvalue weighted by molar-refractivity contribution is 6.03. The van der Waals surface area contributed by atoms with Crippen LogP contribution in [-0.2, 0) is 6.54 Å². The summed E-state index contributed by atoms with van der Waals surface area (Å²) in [6.45, 7) is 3.19. The van der Waals surface area contributed by atoms with Crippen molar-refractivity contribution in [1.29, 1.82) is 0 Å². The second kappa shape index (κ2) is 6.20. The number of carboxylic acid groups (broad SMARTS) is 1. The molecular formula is C15H17NO3. The molecule has 2 N–H and O–H groups in total. The highest BCUT2D eigenvalue weighted by atomic mass is 16.4. The van der Waals surface area contributed by atoms with Crippen LogP contribution in [0, 0.1) is 0 Å². The molecular weight excluding hydrogens is 242 g/mol. The maximum Gasteiger partial charge on any atom is 0.339 e. The van der Waals surface area contributed by atoms with E-state index >= 15 is 0 Å². The van der Waals surface area contributed by atoms with Crippen LogP contribution in [0.1, 0.15) is 29.5 Å². The number of aromatic carboxylic acids is 1. The van der Waals surface area contributed by atoms with Crippen molar-refractivity contribution in [3.8, 4) is 0 Å². The number of nitrogens with one attached hydrogen (secondary N) is 1. The van der Waals surface area contributed by atoms with Crippen molar-refractivity contribution >= 4 is 16.9 Å². The quantitative estimate of drug-likeness (QED) is 0.617. The third kappa shape index (κ3) is 3.03. The molecule has 0 amide bonds. The Morgan fingerprint density at radius 2 is 2.21 bits per heavy atom. The molecule has 0 radical (unpaired) electrons. The monoisotopic (exact) mass is 259 g/mol. The lowest BCUT2D eigenvalue weighted by Crippen LogP contribution is -2.15. The minimum absolute atomic E-state index is 0.258. The summed E-state index contributed by atoms with van der Waals surface area (Å²) in [7, 11) is 0. The SMILES string of the molecule is C/C=C/CCNCc1oc2ccccc2c1C(=O)O. The average molecular weight is 259 g/mol. The minimum Gasteiger partial charge on any atom is -0.478 e. The van der Waals surface area contributed by atoms with Crippen LogP contribution in [0.2, 0.25) is 0 Å². The van der Waals surface area contributed by atoms with E-state index in [0.29, 0.717) is 23.3 Å². The predicted octanol–water partition coefficient (Wildman–Crippen LogP) is 3.19. The lowest BCUT2D eigenvalue weighted by atomic mass is 10.1. The zero-order valence-corrected chi connectivity index (χ0v) is 10.8. The maximum absolute atomic E-state index is 11.3. The second-order valence-electron chi connectivity index (χ2n) is 4.24. The molecule has 0 saturated carbocycles. The Kier molecular flexibility index (Phi) is 4.36. The van der Waals surface area contributed by atoms with E-state index in [2.05, 4.69) is 11.4 Å². The molecule has 0 bridgehead atoms. The molecule has 0 aliphatic carbocycles. The first-order valence-corrected chi connectivity index (χ1v) is 6.29. The highest BCUT2D eigenvalue weighted by Gasteiger charge is 2.19. The Labute approximate surface area is 111 Å². The van der Waals surface area contributed by atoms with Crippen LogP contribution in [-0.4, -0.2) is 17.6 Å². The number of benzene rings is 1. The van der Waals surface area contributed by atoms with Crippen LogP contribution in [0.25, 0.3) is 11.0 Å². The summed E-state index contributed by atoms with van der Waals surface area (Å²) < 4.78 is 5.61. The summed E-state index contributed by atoms with van der Waals surface area (Å²) in [5.74, 6) is -0.468. The van der Waals surface area contributed by atoms with Crippen molar-refractivity contribution in [1.82, 2.24) is 5.32 Å². The van der Waals surface area contributed by atoms with E-state index in [1.807, 2.05) is 25.1 Å².